The van der Waals surface area contributed by atoms with Crippen LogP contribution in [0.15, 0.2) is 0 Å². The van der Waals surface area contributed by atoms with E-state index in [1.165, 1.54) is 19.4 Å². The zero-order valence-corrected chi connectivity index (χ0v) is 10.9. The molecule has 1 aliphatic rings. The standard InChI is InChI=1S/C12H27N3O/c1-12(13,10-16)6-8-14(2)9-11-5-4-7-15(11)3/h11,16H,4-10,13H2,1-3H3. The second-order valence-corrected chi connectivity index (χ2v) is 5.60. The molecule has 0 aromatic heterocycles. The fourth-order valence-corrected chi connectivity index (χ4v) is 2.19. The van der Waals surface area contributed by atoms with E-state index in [1.807, 2.05) is 6.92 Å². The Morgan fingerprint density at radius 3 is 2.75 bits per heavy atom. The summed E-state index contributed by atoms with van der Waals surface area (Å²) in [5, 5.41) is 9.08. The summed E-state index contributed by atoms with van der Waals surface area (Å²) in [6.45, 7) is 5.26. The van der Waals surface area contributed by atoms with E-state index in [9.17, 15) is 0 Å². The highest BCUT2D eigenvalue weighted by Crippen LogP contribution is 2.16. The molecule has 1 saturated heterocycles. The predicted octanol–water partition coefficient (Wildman–Crippen LogP) is 0.112. The number of nitrogens with zero attached hydrogens (tertiary/aromatic N) is 2. The molecule has 2 atom stereocenters. The number of likely N-dealkylation sites (N-methyl/N-ethyl adjacent to an activating group) is 2. The lowest BCUT2D eigenvalue weighted by atomic mass is 10.0. The van der Waals surface area contributed by atoms with E-state index >= 15 is 0 Å². The monoisotopic (exact) mass is 229 g/mol. The molecule has 1 rings (SSSR count). The van der Waals surface area contributed by atoms with Crippen molar-refractivity contribution in [2.24, 2.45) is 5.73 Å². The Labute approximate surface area is 99.4 Å². The second-order valence-electron chi connectivity index (χ2n) is 5.60. The smallest absolute Gasteiger partial charge is 0.0608 e. The molecule has 0 aromatic carbocycles. The zero-order valence-electron chi connectivity index (χ0n) is 10.9. The molecule has 0 aliphatic carbocycles. The van der Waals surface area contributed by atoms with Crippen molar-refractivity contribution in [1.82, 2.24) is 9.80 Å². The minimum absolute atomic E-state index is 0.0597. The largest absolute Gasteiger partial charge is 0.394 e. The Balaban J connectivity index is 2.22. The molecule has 4 nitrogen and oxygen atoms in total. The van der Waals surface area contributed by atoms with Crippen LogP contribution < -0.4 is 5.73 Å². The summed E-state index contributed by atoms with van der Waals surface area (Å²) >= 11 is 0. The van der Waals surface area contributed by atoms with Crippen LogP contribution in [-0.2, 0) is 0 Å². The average molecular weight is 229 g/mol. The highest BCUT2D eigenvalue weighted by Gasteiger charge is 2.23. The molecule has 4 heteroatoms. The number of hydrogen-bond donors (Lipinski definition) is 2. The summed E-state index contributed by atoms with van der Waals surface area (Å²) in [5.74, 6) is 0. The normalized spacial score (nSPS) is 26.2. The summed E-state index contributed by atoms with van der Waals surface area (Å²) in [6.07, 6.45) is 3.47. The van der Waals surface area contributed by atoms with Crippen LogP contribution in [-0.4, -0.2) is 66.8 Å². The molecule has 96 valence electrons. The van der Waals surface area contributed by atoms with Gasteiger partial charge in [0.25, 0.3) is 0 Å². The quantitative estimate of drug-likeness (QED) is 0.679. The molecular formula is C12H27N3O. The fourth-order valence-electron chi connectivity index (χ4n) is 2.19. The van der Waals surface area contributed by atoms with Gasteiger partial charge in [0.1, 0.15) is 0 Å². The van der Waals surface area contributed by atoms with Crippen molar-refractivity contribution in [1.29, 1.82) is 0 Å². The summed E-state index contributed by atoms with van der Waals surface area (Å²) < 4.78 is 0. The van der Waals surface area contributed by atoms with Crippen molar-refractivity contribution in [3.05, 3.63) is 0 Å². The summed E-state index contributed by atoms with van der Waals surface area (Å²) in [6, 6.07) is 0.697. The van der Waals surface area contributed by atoms with Crippen LogP contribution in [0.3, 0.4) is 0 Å². The molecule has 0 bridgehead atoms. The summed E-state index contributed by atoms with van der Waals surface area (Å²) in [4.78, 5) is 4.76. The first-order chi connectivity index (χ1) is 7.44. The maximum Gasteiger partial charge on any atom is 0.0608 e. The van der Waals surface area contributed by atoms with Crippen LogP contribution in [0.1, 0.15) is 26.2 Å². The van der Waals surface area contributed by atoms with Crippen LogP contribution in [0.5, 0.6) is 0 Å². The van der Waals surface area contributed by atoms with Gasteiger partial charge in [0, 0.05) is 18.1 Å². The average Bonchev–Trinajstić information content (AvgIpc) is 2.62. The molecule has 0 saturated carbocycles. The van der Waals surface area contributed by atoms with Crippen LogP contribution >= 0.6 is 0 Å². The highest BCUT2D eigenvalue weighted by molar-refractivity contribution is 4.81. The van der Waals surface area contributed by atoms with Gasteiger partial charge in [-0.2, -0.15) is 0 Å². The number of aliphatic hydroxyl groups excluding tert-OH is 1. The van der Waals surface area contributed by atoms with Crippen LogP contribution in [0.2, 0.25) is 0 Å². The van der Waals surface area contributed by atoms with E-state index in [0.29, 0.717) is 6.04 Å². The lowest BCUT2D eigenvalue weighted by molar-refractivity contribution is 0.169. The Morgan fingerprint density at radius 1 is 1.56 bits per heavy atom. The van der Waals surface area contributed by atoms with Crippen molar-refractivity contribution < 1.29 is 5.11 Å². The van der Waals surface area contributed by atoms with Crippen molar-refractivity contribution in [2.75, 3.05) is 40.3 Å². The Bertz CT molecular complexity index is 208. The number of nitrogens with two attached hydrogens (primary N) is 1. The summed E-state index contributed by atoms with van der Waals surface area (Å²) in [5.41, 5.74) is 5.48. The molecule has 1 fully saturated rings. The van der Waals surface area contributed by atoms with E-state index in [1.54, 1.807) is 0 Å². The Hall–Kier alpha value is -0.160. The van der Waals surface area contributed by atoms with Gasteiger partial charge < -0.3 is 20.6 Å². The minimum Gasteiger partial charge on any atom is -0.394 e. The van der Waals surface area contributed by atoms with E-state index in [4.69, 9.17) is 10.8 Å². The van der Waals surface area contributed by atoms with E-state index in [2.05, 4.69) is 23.9 Å². The minimum atomic E-state index is -0.435. The van der Waals surface area contributed by atoms with E-state index in [0.717, 1.165) is 19.5 Å². The van der Waals surface area contributed by atoms with Gasteiger partial charge in [-0.25, -0.2) is 0 Å². The third kappa shape index (κ3) is 4.37. The fraction of sp³-hybridized carbons (Fsp3) is 1.00. The van der Waals surface area contributed by atoms with E-state index in [-0.39, 0.29) is 6.61 Å². The van der Waals surface area contributed by atoms with Crippen LogP contribution in [0.25, 0.3) is 0 Å². The van der Waals surface area contributed by atoms with Crippen molar-refractivity contribution in [2.45, 2.75) is 37.8 Å². The third-order valence-corrected chi connectivity index (χ3v) is 3.62. The first kappa shape index (κ1) is 13.9. The first-order valence-corrected chi connectivity index (χ1v) is 6.23. The van der Waals surface area contributed by atoms with Crippen LogP contribution in [0.4, 0.5) is 0 Å². The molecule has 0 amide bonds. The molecule has 1 aliphatic heterocycles. The maximum atomic E-state index is 9.08. The number of rotatable bonds is 6. The highest BCUT2D eigenvalue weighted by atomic mass is 16.3. The Morgan fingerprint density at radius 2 is 2.25 bits per heavy atom. The molecule has 0 radical (unpaired) electrons. The van der Waals surface area contributed by atoms with Crippen molar-refractivity contribution >= 4 is 0 Å². The Kier molecular flexibility index (Phi) is 5.18. The lowest BCUT2D eigenvalue weighted by Gasteiger charge is -2.29. The molecule has 16 heavy (non-hydrogen) atoms. The van der Waals surface area contributed by atoms with Gasteiger partial charge >= 0.3 is 0 Å². The number of likely N-dealkylation sites (tertiary alicyclic amines) is 1. The predicted molar refractivity (Wildman–Crippen MR) is 67.4 cm³/mol. The zero-order chi connectivity index (χ0) is 12.2. The van der Waals surface area contributed by atoms with Gasteiger partial charge in [-0.1, -0.05) is 0 Å². The number of aliphatic hydroxyl groups is 1. The van der Waals surface area contributed by atoms with Gasteiger partial charge in [0.15, 0.2) is 0 Å². The van der Waals surface area contributed by atoms with Gasteiger partial charge in [0.05, 0.1) is 6.61 Å². The molecule has 3 N–H and O–H groups in total. The van der Waals surface area contributed by atoms with Gasteiger partial charge in [-0.05, 0) is 53.4 Å². The molecule has 2 unspecified atom stereocenters. The molecule has 0 spiro atoms. The molecule has 0 aromatic rings. The molecule has 1 heterocycles. The van der Waals surface area contributed by atoms with E-state index < -0.39 is 5.54 Å². The second kappa shape index (κ2) is 5.96. The first-order valence-electron chi connectivity index (χ1n) is 6.23. The van der Waals surface area contributed by atoms with Gasteiger partial charge in [0.2, 0.25) is 0 Å². The summed E-state index contributed by atoms with van der Waals surface area (Å²) in [7, 11) is 4.34. The van der Waals surface area contributed by atoms with Crippen molar-refractivity contribution in [3.63, 3.8) is 0 Å². The topological polar surface area (TPSA) is 52.7 Å². The van der Waals surface area contributed by atoms with Crippen LogP contribution in [0, 0.1) is 0 Å². The SMILES string of the molecule is CN(CCC(C)(N)CO)CC1CCCN1C. The third-order valence-electron chi connectivity index (χ3n) is 3.62. The maximum absolute atomic E-state index is 9.08. The number of hydrogen-bond acceptors (Lipinski definition) is 4. The van der Waals surface area contributed by atoms with Gasteiger partial charge in [-0.3, -0.25) is 0 Å². The van der Waals surface area contributed by atoms with Gasteiger partial charge in [-0.15, -0.1) is 0 Å². The molecular weight excluding hydrogens is 202 g/mol. The van der Waals surface area contributed by atoms with Crippen molar-refractivity contribution in [3.8, 4) is 0 Å². The lowest BCUT2D eigenvalue weighted by Crippen LogP contribution is -2.44.